The van der Waals surface area contributed by atoms with Crippen molar-refractivity contribution in [3.8, 4) is 0 Å². The van der Waals surface area contributed by atoms with Crippen molar-refractivity contribution in [1.29, 1.82) is 0 Å². The molecule has 0 radical (unpaired) electrons. The number of rotatable bonds is 5. The van der Waals surface area contributed by atoms with Crippen LogP contribution in [0.2, 0.25) is 0 Å². The Bertz CT molecular complexity index is 675. The van der Waals surface area contributed by atoms with Crippen LogP contribution in [0.4, 0.5) is 5.69 Å². The van der Waals surface area contributed by atoms with E-state index in [1.165, 1.54) is 4.90 Å². The summed E-state index contributed by atoms with van der Waals surface area (Å²) in [6, 6.07) is 7.57. The van der Waals surface area contributed by atoms with E-state index in [4.69, 9.17) is 0 Å². The molecule has 2 atom stereocenters. The second-order valence-electron chi connectivity index (χ2n) is 6.01. The molecule has 1 aliphatic heterocycles. The zero-order valence-corrected chi connectivity index (χ0v) is 14.3. The van der Waals surface area contributed by atoms with Gasteiger partial charge < -0.3 is 5.32 Å². The third-order valence-electron chi connectivity index (χ3n) is 4.51. The first-order valence-corrected chi connectivity index (χ1v) is 9.26. The van der Waals surface area contributed by atoms with Gasteiger partial charge in [0, 0.05) is 23.5 Å². The first-order valence-electron chi connectivity index (χ1n) is 8.04. The van der Waals surface area contributed by atoms with Crippen molar-refractivity contribution in [2.24, 2.45) is 11.8 Å². The molecule has 1 aromatic carbocycles. The first kappa shape index (κ1) is 16.8. The number of hydrogen-bond donors (Lipinski definition) is 1. The van der Waals surface area contributed by atoms with Crippen LogP contribution >= 0.6 is 11.8 Å². The predicted molar refractivity (Wildman–Crippen MR) is 93.5 cm³/mol. The topological polar surface area (TPSA) is 66.5 Å². The van der Waals surface area contributed by atoms with Crippen molar-refractivity contribution in [2.75, 3.05) is 18.1 Å². The number of amides is 3. The van der Waals surface area contributed by atoms with Gasteiger partial charge in [0.15, 0.2) is 0 Å². The van der Waals surface area contributed by atoms with E-state index in [0.29, 0.717) is 12.8 Å². The number of anilines is 1. The SMILES string of the molecule is CSc1cccc(NC(=O)CCN2C(=O)[C@H]3CC=CC[C@H]3C2=O)c1. The summed E-state index contributed by atoms with van der Waals surface area (Å²) in [5.41, 5.74) is 0.726. The molecule has 6 heteroatoms. The number of thioether (sulfide) groups is 1. The van der Waals surface area contributed by atoms with Gasteiger partial charge in [-0.15, -0.1) is 11.8 Å². The molecule has 1 N–H and O–H groups in total. The van der Waals surface area contributed by atoms with Gasteiger partial charge in [-0.25, -0.2) is 0 Å². The molecule has 0 aromatic heterocycles. The Kier molecular flexibility index (Phi) is 5.04. The number of imide groups is 1. The summed E-state index contributed by atoms with van der Waals surface area (Å²) in [5.74, 6) is -0.924. The van der Waals surface area contributed by atoms with E-state index >= 15 is 0 Å². The maximum Gasteiger partial charge on any atom is 0.233 e. The summed E-state index contributed by atoms with van der Waals surface area (Å²) in [6.45, 7) is 0.152. The van der Waals surface area contributed by atoms with Crippen LogP contribution in [0.3, 0.4) is 0 Å². The Morgan fingerprint density at radius 1 is 1.21 bits per heavy atom. The molecule has 3 amide bonds. The molecule has 5 nitrogen and oxygen atoms in total. The molecule has 1 saturated heterocycles. The molecular weight excluding hydrogens is 324 g/mol. The lowest BCUT2D eigenvalue weighted by molar-refractivity contribution is -0.140. The maximum absolute atomic E-state index is 12.3. The Morgan fingerprint density at radius 2 is 1.88 bits per heavy atom. The van der Waals surface area contributed by atoms with Gasteiger partial charge in [0.2, 0.25) is 17.7 Å². The molecule has 1 aromatic rings. The normalized spacial score (nSPS) is 22.6. The van der Waals surface area contributed by atoms with Crippen molar-refractivity contribution in [3.63, 3.8) is 0 Å². The molecule has 1 aliphatic carbocycles. The number of benzene rings is 1. The molecule has 0 spiro atoms. The number of carbonyl (C=O) groups excluding carboxylic acids is 3. The zero-order valence-electron chi connectivity index (χ0n) is 13.5. The fraction of sp³-hybridized carbons (Fsp3) is 0.389. The Hall–Kier alpha value is -2.08. The zero-order chi connectivity index (χ0) is 17.1. The summed E-state index contributed by atoms with van der Waals surface area (Å²) in [7, 11) is 0. The summed E-state index contributed by atoms with van der Waals surface area (Å²) in [4.78, 5) is 39.1. The highest BCUT2D eigenvalue weighted by molar-refractivity contribution is 7.98. The van der Waals surface area contributed by atoms with Crippen molar-refractivity contribution < 1.29 is 14.4 Å². The van der Waals surface area contributed by atoms with E-state index in [1.807, 2.05) is 42.7 Å². The van der Waals surface area contributed by atoms with E-state index in [0.717, 1.165) is 10.6 Å². The largest absolute Gasteiger partial charge is 0.326 e. The van der Waals surface area contributed by atoms with Crippen LogP contribution < -0.4 is 5.32 Å². The van der Waals surface area contributed by atoms with Gasteiger partial charge in [-0.05, 0) is 37.3 Å². The first-order chi connectivity index (χ1) is 11.6. The third-order valence-corrected chi connectivity index (χ3v) is 5.24. The van der Waals surface area contributed by atoms with Gasteiger partial charge >= 0.3 is 0 Å². The van der Waals surface area contributed by atoms with Crippen LogP contribution in [0.1, 0.15) is 19.3 Å². The van der Waals surface area contributed by atoms with E-state index in [-0.39, 0.29) is 42.5 Å². The van der Waals surface area contributed by atoms with Gasteiger partial charge in [-0.1, -0.05) is 18.2 Å². The summed E-state index contributed by atoms with van der Waals surface area (Å²) in [5, 5.41) is 2.82. The number of hydrogen-bond acceptors (Lipinski definition) is 4. The average molecular weight is 344 g/mol. The van der Waals surface area contributed by atoms with Gasteiger partial charge in [0.25, 0.3) is 0 Å². The van der Waals surface area contributed by atoms with Crippen LogP contribution in [-0.2, 0) is 14.4 Å². The smallest absolute Gasteiger partial charge is 0.233 e. The fourth-order valence-electron chi connectivity index (χ4n) is 3.23. The molecule has 3 rings (SSSR count). The molecular formula is C18H20N2O3S. The highest BCUT2D eigenvalue weighted by atomic mass is 32.2. The number of allylic oxidation sites excluding steroid dienone is 2. The summed E-state index contributed by atoms with van der Waals surface area (Å²) < 4.78 is 0. The lowest BCUT2D eigenvalue weighted by Gasteiger charge is -2.14. The lowest BCUT2D eigenvalue weighted by Crippen LogP contribution is -2.34. The molecule has 0 saturated carbocycles. The van der Waals surface area contributed by atoms with Crippen molar-refractivity contribution >= 4 is 35.2 Å². The third kappa shape index (κ3) is 3.38. The van der Waals surface area contributed by atoms with Crippen molar-refractivity contribution in [1.82, 2.24) is 4.90 Å². The van der Waals surface area contributed by atoms with Crippen LogP contribution in [0, 0.1) is 11.8 Å². The molecule has 0 bridgehead atoms. The lowest BCUT2D eigenvalue weighted by atomic mass is 9.85. The highest BCUT2D eigenvalue weighted by Gasteiger charge is 2.46. The minimum atomic E-state index is -0.233. The standard InChI is InChI=1S/C18H20N2O3S/c1-24-13-6-4-5-12(11-13)19-16(21)9-10-20-17(22)14-7-2-3-8-15(14)18(20)23/h2-6,11,14-15H,7-10H2,1H3,(H,19,21)/t14-,15+. The van der Waals surface area contributed by atoms with E-state index in [9.17, 15) is 14.4 Å². The van der Waals surface area contributed by atoms with Crippen molar-refractivity contribution in [3.05, 3.63) is 36.4 Å². The number of nitrogens with one attached hydrogen (secondary N) is 1. The summed E-state index contributed by atoms with van der Waals surface area (Å²) >= 11 is 1.60. The number of likely N-dealkylation sites (tertiary alicyclic amines) is 1. The molecule has 24 heavy (non-hydrogen) atoms. The van der Waals surface area contributed by atoms with E-state index in [1.54, 1.807) is 11.8 Å². The summed E-state index contributed by atoms with van der Waals surface area (Å²) in [6.07, 6.45) is 7.26. The Morgan fingerprint density at radius 3 is 2.50 bits per heavy atom. The average Bonchev–Trinajstić information content (AvgIpc) is 2.84. The highest BCUT2D eigenvalue weighted by Crippen LogP contribution is 2.35. The minimum Gasteiger partial charge on any atom is -0.326 e. The van der Waals surface area contributed by atoms with Gasteiger partial charge in [0.1, 0.15) is 0 Å². The fourth-order valence-corrected chi connectivity index (χ4v) is 3.69. The van der Waals surface area contributed by atoms with Crippen LogP contribution in [0.25, 0.3) is 0 Å². The molecule has 126 valence electrons. The van der Waals surface area contributed by atoms with Gasteiger partial charge in [0.05, 0.1) is 11.8 Å². The molecule has 2 aliphatic rings. The van der Waals surface area contributed by atoms with Gasteiger partial charge in [-0.3, -0.25) is 19.3 Å². The van der Waals surface area contributed by atoms with Crippen LogP contribution in [-0.4, -0.2) is 35.4 Å². The monoisotopic (exact) mass is 344 g/mol. The maximum atomic E-state index is 12.3. The van der Waals surface area contributed by atoms with E-state index < -0.39 is 0 Å². The Labute approximate surface area is 145 Å². The predicted octanol–water partition coefficient (Wildman–Crippen LogP) is 2.69. The van der Waals surface area contributed by atoms with Gasteiger partial charge in [-0.2, -0.15) is 0 Å². The number of carbonyl (C=O) groups is 3. The van der Waals surface area contributed by atoms with E-state index in [2.05, 4.69) is 5.32 Å². The van der Waals surface area contributed by atoms with Crippen LogP contribution in [0.15, 0.2) is 41.3 Å². The minimum absolute atomic E-state index is 0.119. The van der Waals surface area contributed by atoms with Crippen LogP contribution in [0.5, 0.6) is 0 Å². The second-order valence-corrected chi connectivity index (χ2v) is 6.89. The van der Waals surface area contributed by atoms with Crippen molar-refractivity contribution in [2.45, 2.75) is 24.2 Å². The molecule has 0 unspecified atom stereocenters. The quantitative estimate of drug-likeness (QED) is 0.507. The molecule has 1 fully saturated rings. The number of nitrogens with zero attached hydrogens (tertiary/aromatic N) is 1. The Balaban J connectivity index is 1.56. The second kappa shape index (κ2) is 7.21. The number of fused-ring (bicyclic) bond motifs is 1. The molecule has 1 heterocycles.